The first-order chi connectivity index (χ1) is 21.3. The van der Waals surface area contributed by atoms with Crippen molar-refractivity contribution in [3.8, 4) is 0 Å². The maximum absolute atomic E-state index is 12.8. The molecule has 7 atom stereocenters. The lowest BCUT2D eigenvalue weighted by Gasteiger charge is -2.40. The molecule has 1 amide bonds. The number of hydrogen-bond donors (Lipinski definition) is 6. The molecule has 0 bridgehead atoms. The van der Waals surface area contributed by atoms with E-state index in [1.54, 1.807) is 0 Å². The van der Waals surface area contributed by atoms with Gasteiger partial charge in [0.05, 0.1) is 25.4 Å². The first-order valence-corrected chi connectivity index (χ1v) is 17.5. The summed E-state index contributed by atoms with van der Waals surface area (Å²) >= 11 is 0. The maximum atomic E-state index is 12.8. The summed E-state index contributed by atoms with van der Waals surface area (Å²) < 4.78 is 11.1. The van der Waals surface area contributed by atoms with Gasteiger partial charge in [-0.2, -0.15) is 0 Å². The quantitative estimate of drug-likeness (QED) is 0.0537. The van der Waals surface area contributed by atoms with Crippen LogP contribution in [0.2, 0.25) is 0 Å². The molecule has 9 nitrogen and oxygen atoms in total. The van der Waals surface area contributed by atoms with Crippen LogP contribution >= 0.6 is 0 Å². The van der Waals surface area contributed by atoms with Crippen LogP contribution in [0.1, 0.15) is 136 Å². The Bertz CT molecular complexity index is 746. The van der Waals surface area contributed by atoms with Gasteiger partial charge in [0.15, 0.2) is 6.29 Å². The van der Waals surface area contributed by atoms with Crippen molar-refractivity contribution in [2.75, 3.05) is 13.2 Å². The van der Waals surface area contributed by atoms with Crippen molar-refractivity contribution in [3.05, 3.63) is 24.3 Å². The van der Waals surface area contributed by atoms with Gasteiger partial charge in [-0.25, -0.2) is 0 Å². The van der Waals surface area contributed by atoms with Crippen LogP contribution < -0.4 is 5.32 Å². The van der Waals surface area contributed by atoms with Crippen molar-refractivity contribution < 1.29 is 39.8 Å². The zero-order valence-electron chi connectivity index (χ0n) is 27.7. The van der Waals surface area contributed by atoms with Gasteiger partial charge >= 0.3 is 0 Å². The topological polar surface area (TPSA) is 149 Å². The number of aliphatic hydroxyl groups excluding tert-OH is 5. The summed E-state index contributed by atoms with van der Waals surface area (Å²) in [6, 6.07) is -0.719. The van der Waals surface area contributed by atoms with Gasteiger partial charge in [0.25, 0.3) is 0 Å². The van der Waals surface area contributed by atoms with E-state index in [0.29, 0.717) is 12.8 Å². The Morgan fingerprint density at radius 1 is 0.773 bits per heavy atom. The monoisotopic (exact) mass is 627 g/mol. The molecule has 0 aliphatic carbocycles. The Morgan fingerprint density at radius 3 is 2.05 bits per heavy atom. The minimum Gasteiger partial charge on any atom is -0.394 e. The van der Waals surface area contributed by atoms with Crippen molar-refractivity contribution in [3.63, 3.8) is 0 Å². The normalized spacial score (nSPS) is 23.8. The zero-order chi connectivity index (χ0) is 32.4. The molecule has 0 spiro atoms. The minimum absolute atomic E-state index is 0.144. The molecule has 1 heterocycles. The highest BCUT2D eigenvalue weighted by atomic mass is 16.7. The molecule has 0 aromatic carbocycles. The van der Waals surface area contributed by atoms with Gasteiger partial charge in [0.2, 0.25) is 5.91 Å². The van der Waals surface area contributed by atoms with Crippen LogP contribution in [0.5, 0.6) is 0 Å². The lowest BCUT2D eigenvalue weighted by molar-refractivity contribution is -0.302. The molecule has 0 radical (unpaired) electrons. The second-order valence-electron chi connectivity index (χ2n) is 12.3. The number of rotatable bonds is 27. The zero-order valence-corrected chi connectivity index (χ0v) is 27.7. The Hall–Kier alpha value is -1.33. The van der Waals surface area contributed by atoms with Crippen LogP contribution in [0.4, 0.5) is 0 Å². The number of unbranched alkanes of at least 4 members (excludes halogenated alkanes) is 13. The summed E-state index contributed by atoms with van der Waals surface area (Å²) in [7, 11) is 0. The van der Waals surface area contributed by atoms with Gasteiger partial charge in [-0.15, -0.1) is 0 Å². The van der Waals surface area contributed by atoms with Gasteiger partial charge in [-0.3, -0.25) is 4.79 Å². The molecule has 1 rings (SSSR count). The third-order valence-corrected chi connectivity index (χ3v) is 8.29. The summed E-state index contributed by atoms with van der Waals surface area (Å²) in [6.45, 7) is 3.68. The van der Waals surface area contributed by atoms with Gasteiger partial charge in [-0.1, -0.05) is 115 Å². The molecule has 0 aromatic rings. The molecule has 258 valence electrons. The Labute approximate surface area is 267 Å². The number of allylic oxidation sites excluding steroid dienone is 4. The van der Waals surface area contributed by atoms with Gasteiger partial charge in [0, 0.05) is 6.42 Å². The number of amides is 1. The lowest BCUT2D eigenvalue weighted by Crippen LogP contribution is -2.60. The molecule has 1 saturated heterocycles. The molecular formula is C35H65NO8. The fourth-order valence-corrected chi connectivity index (χ4v) is 5.37. The lowest BCUT2D eigenvalue weighted by atomic mass is 9.99. The van der Waals surface area contributed by atoms with Crippen molar-refractivity contribution in [1.82, 2.24) is 5.32 Å². The highest BCUT2D eigenvalue weighted by Gasteiger charge is 2.44. The smallest absolute Gasteiger partial charge is 0.220 e. The van der Waals surface area contributed by atoms with E-state index in [9.17, 15) is 30.3 Å². The van der Waals surface area contributed by atoms with E-state index in [-0.39, 0.29) is 12.5 Å². The molecule has 44 heavy (non-hydrogen) atoms. The third kappa shape index (κ3) is 18.6. The number of carbonyl (C=O) groups excluding carboxylic acids is 1. The summed E-state index contributed by atoms with van der Waals surface area (Å²) in [5.74, 6) is -0.165. The Kier molecular flexibility index (Phi) is 24.8. The summed E-state index contributed by atoms with van der Waals surface area (Å²) in [4.78, 5) is 12.8. The number of ether oxygens (including phenoxy) is 2. The molecule has 1 aliphatic heterocycles. The first-order valence-electron chi connectivity index (χ1n) is 17.5. The van der Waals surface area contributed by atoms with Crippen LogP contribution in [0.3, 0.4) is 0 Å². The standard InChI is InChI=1S/C35H65NO8/c1-3-5-7-9-11-13-14-15-16-17-19-21-23-25-31(39)36-28(29(38)24-22-20-18-12-10-8-6-4-2)27-43-35-34(42)33(41)32(40)30(26-37)44-35/h7,9,13-14,28-30,32-35,37-38,40-42H,3-6,8,10-12,15-27H2,1-2H3,(H,36,39)/b9-7-,14-13-. The van der Waals surface area contributed by atoms with E-state index in [0.717, 1.165) is 70.6 Å². The van der Waals surface area contributed by atoms with Crippen LogP contribution in [0.25, 0.3) is 0 Å². The van der Waals surface area contributed by atoms with Gasteiger partial charge < -0.3 is 40.3 Å². The number of hydrogen-bond acceptors (Lipinski definition) is 8. The van der Waals surface area contributed by atoms with E-state index in [4.69, 9.17) is 9.47 Å². The average Bonchev–Trinajstić information content (AvgIpc) is 3.02. The van der Waals surface area contributed by atoms with Crippen molar-refractivity contribution in [1.29, 1.82) is 0 Å². The van der Waals surface area contributed by atoms with Crippen LogP contribution in [-0.2, 0) is 14.3 Å². The molecule has 1 aliphatic rings. The van der Waals surface area contributed by atoms with Crippen LogP contribution in [-0.4, -0.2) is 87.5 Å². The minimum atomic E-state index is -1.55. The number of carbonyl (C=O) groups is 1. The summed E-state index contributed by atoms with van der Waals surface area (Å²) in [5.41, 5.74) is 0. The molecular weight excluding hydrogens is 562 g/mol. The Balaban J connectivity index is 2.46. The van der Waals surface area contributed by atoms with Crippen molar-refractivity contribution >= 4 is 5.91 Å². The van der Waals surface area contributed by atoms with Gasteiger partial charge in [-0.05, 0) is 38.5 Å². The largest absolute Gasteiger partial charge is 0.394 e. The first kappa shape index (κ1) is 40.7. The molecule has 6 N–H and O–H groups in total. The van der Waals surface area contributed by atoms with Crippen LogP contribution in [0, 0.1) is 0 Å². The highest BCUT2D eigenvalue weighted by molar-refractivity contribution is 5.76. The molecule has 0 saturated carbocycles. The van der Waals surface area contributed by atoms with Crippen molar-refractivity contribution in [2.45, 2.75) is 179 Å². The summed E-state index contributed by atoms with van der Waals surface area (Å²) in [5, 5.41) is 53.7. The van der Waals surface area contributed by atoms with Gasteiger partial charge in [0.1, 0.15) is 24.4 Å². The van der Waals surface area contributed by atoms with E-state index in [1.165, 1.54) is 38.5 Å². The van der Waals surface area contributed by atoms with Crippen molar-refractivity contribution in [2.24, 2.45) is 0 Å². The Morgan fingerprint density at radius 2 is 1.39 bits per heavy atom. The van der Waals surface area contributed by atoms with Crippen LogP contribution in [0.15, 0.2) is 24.3 Å². The predicted octanol–water partition coefficient (Wildman–Crippen LogP) is 5.21. The molecule has 7 unspecified atom stereocenters. The van der Waals surface area contributed by atoms with E-state index < -0.39 is 49.5 Å². The third-order valence-electron chi connectivity index (χ3n) is 8.29. The predicted molar refractivity (Wildman–Crippen MR) is 175 cm³/mol. The second-order valence-corrected chi connectivity index (χ2v) is 12.3. The SMILES string of the molecule is CCC/C=C\C/C=C\CCCCCCCC(=O)NC(COC1OC(CO)C(O)C(O)C1O)C(O)CCCCCCCCCC. The number of nitrogens with one attached hydrogen (secondary N) is 1. The van der Waals surface area contributed by atoms with E-state index in [2.05, 4.69) is 43.5 Å². The van der Waals surface area contributed by atoms with E-state index in [1.807, 2.05) is 0 Å². The molecule has 0 aromatic heterocycles. The highest BCUT2D eigenvalue weighted by Crippen LogP contribution is 2.23. The number of aliphatic hydroxyl groups is 5. The summed E-state index contributed by atoms with van der Waals surface area (Å²) in [6.07, 6.45) is 20.5. The molecule has 9 heteroatoms. The maximum Gasteiger partial charge on any atom is 0.220 e. The fraction of sp³-hybridized carbons (Fsp3) is 0.857. The second kappa shape index (κ2) is 26.8. The molecule has 1 fully saturated rings. The average molecular weight is 628 g/mol. The fourth-order valence-electron chi connectivity index (χ4n) is 5.37. The van der Waals surface area contributed by atoms with E-state index >= 15 is 0 Å².